The number of carbonyl (C=O) groups excluding carboxylic acids is 1. The van der Waals surface area contributed by atoms with Gasteiger partial charge in [0.15, 0.2) is 0 Å². The Morgan fingerprint density at radius 3 is 2.27 bits per heavy atom. The highest BCUT2D eigenvalue weighted by Gasteiger charge is 2.14. The molecular weight excluding hydrogens is 419 g/mol. The van der Waals surface area contributed by atoms with Crippen molar-refractivity contribution < 1.29 is 13.9 Å². The van der Waals surface area contributed by atoms with Crippen LogP contribution >= 0.6 is 0 Å². The molecular formula is C26H23FN4O2. The fourth-order valence-electron chi connectivity index (χ4n) is 3.25. The highest BCUT2D eigenvalue weighted by molar-refractivity contribution is 6.05. The van der Waals surface area contributed by atoms with E-state index in [0.717, 1.165) is 11.1 Å². The van der Waals surface area contributed by atoms with Crippen molar-refractivity contribution in [1.82, 2.24) is 4.98 Å². The van der Waals surface area contributed by atoms with E-state index < -0.39 is 11.7 Å². The van der Waals surface area contributed by atoms with Gasteiger partial charge < -0.3 is 21.5 Å². The Balaban J connectivity index is 1.41. The molecule has 1 aromatic heterocycles. The number of carbonyl (C=O) groups is 1. The summed E-state index contributed by atoms with van der Waals surface area (Å²) in [4.78, 5) is 16.9. The number of benzene rings is 3. The molecule has 0 spiro atoms. The topological polar surface area (TPSA) is 103 Å². The van der Waals surface area contributed by atoms with Gasteiger partial charge in [0.2, 0.25) is 0 Å². The van der Waals surface area contributed by atoms with Crippen molar-refractivity contribution in [2.24, 2.45) is 0 Å². The number of nitrogens with zero attached hydrogens (tertiary/aromatic N) is 1. The number of pyridine rings is 1. The first-order valence-electron chi connectivity index (χ1n) is 10.3. The maximum absolute atomic E-state index is 14.4. The Hall–Kier alpha value is -4.23. The summed E-state index contributed by atoms with van der Waals surface area (Å²) >= 11 is 0. The third-order valence-electron chi connectivity index (χ3n) is 5.06. The number of aromatic nitrogens is 1. The van der Waals surface area contributed by atoms with Crippen molar-refractivity contribution in [3.8, 4) is 11.3 Å². The maximum Gasteiger partial charge on any atom is 0.258 e. The molecule has 0 radical (unpaired) electrons. The van der Waals surface area contributed by atoms with E-state index in [-0.39, 0.29) is 11.4 Å². The third kappa shape index (κ3) is 5.53. The van der Waals surface area contributed by atoms with Crippen molar-refractivity contribution in [2.45, 2.75) is 13.2 Å². The van der Waals surface area contributed by atoms with Crippen LogP contribution in [-0.4, -0.2) is 10.9 Å². The van der Waals surface area contributed by atoms with E-state index in [2.05, 4.69) is 10.3 Å². The summed E-state index contributed by atoms with van der Waals surface area (Å²) in [6, 6.07) is 24.6. The Morgan fingerprint density at radius 1 is 0.879 bits per heavy atom. The number of nitrogens with two attached hydrogens (primary N) is 2. The minimum Gasteiger partial charge on any atom is -0.396 e. The first kappa shape index (κ1) is 22.0. The van der Waals surface area contributed by atoms with Crippen LogP contribution in [0, 0.1) is 5.82 Å². The lowest BCUT2D eigenvalue weighted by Gasteiger charge is -2.10. The first-order valence-corrected chi connectivity index (χ1v) is 10.3. The van der Waals surface area contributed by atoms with Gasteiger partial charge in [0, 0.05) is 11.3 Å². The van der Waals surface area contributed by atoms with Crippen molar-refractivity contribution in [2.75, 3.05) is 16.8 Å². The molecule has 0 unspecified atom stereocenters. The summed E-state index contributed by atoms with van der Waals surface area (Å²) in [5, 5.41) is 2.72. The lowest BCUT2D eigenvalue weighted by atomic mass is 10.1. The lowest BCUT2D eigenvalue weighted by Crippen LogP contribution is -2.14. The second-order valence-corrected chi connectivity index (χ2v) is 7.50. The van der Waals surface area contributed by atoms with Crippen LogP contribution < -0.4 is 16.8 Å². The molecule has 0 aliphatic heterocycles. The van der Waals surface area contributed by atoms with Gasteiger partial charge >= 0.3 is 0 Å². The molecule has 0 aliphatic carbocycles. The van der Waals surface area contributed by atoms with E-state index in [4.69, 9.17) is 16.2 Å². The van der Waals surface area contributed by atoms with E-state index in [1.54, 1.807) is 24.3 Å². The number of ether oxygens (including phenoxy) is 1. The van der Waals surface area contributed by atoms with Crippen molar-refractivity contribution >= 4 is 23.1 Å². The summed E-state index contributed by atoms with van der Waals surface area (Å²) < 4.78 is 20.1. The summed E-state index contributed by atoms with van der Waals surface area (Å²) in [7, 11) is 0. The molecule has 1 heterocycles. The Bertz CT molecular complexity index is 1260. The Labute approximate surface area is 191 Å². The summed E-state index contributed by atoms with van der Waals surface area (Å²) in [5.74, 6) is -1.02. The van der Waals surface area contributed by atoms with Crippen LogP contribution in [0.15, 0.2) is 84.9 Å². The van der Waals surface area contributed by atoms with Gasteiger partial charge in [-0.3, -0.25) is 4.79 Å². The molecule has 4 rings (SSSR count). The van der Waals surface area contributed by atoms with Crippen LogP contribution in [0.3, 0.4) is 0 Å². The van der Waals surface area contributed by atoms with E-state index in [1.807, 2.05) is 42.5 Å². The first-order chi connectivity index (χ1) is 16.0. The molecule has 4 aromatic rings. The minimum atomic E-state index is -0.634. The van der Waals surface area contributed by atoms with Crippen LogP contribution in [-0.2, 0) is 18.0 Å². The van der Waals surface area contributed by atoms with Crippen LogP contribution in [0.5, 0.6) is 0 Å². The Kier molecular flexibility index (Phi) is 6.61. The maximum atomic E-state index is 14.4. The van der Waals surface area contributed by atoms with E-state index in [0.29, 0.717) is 35.8 Å². The van der Waals surface area contributed by atoms with Crippen LogP contribution in [0.2, 0.25) is 0 Å². The zero-order valence-corrected chi connectivity index (χ0v) is 17.8. The average molecular weight is 442 g/mol. The average Bonchev–Trinajstić information content (AvgIpc) is 2.83. The van der Waals surface area contributed by atoms with E-state index in [1.165, 1.54) is 18.2 Å². The normalized spacial score (nSPS) is 10.7. The number of hydrogen-bond donors (Lipinski definition) is 3. The number of nitrogens with one attached hydrogen (secondary N) is 1. The second kappa shape index (κ2) is 9.93. The van der Waals surface area contributed by atoms with E-state index in [9.17, 15) is 9.18 Å². The summed E-state index contributed by atoms with van der Waals surface area (Å²) in [6.07, 6.45) is 0. The summed E-state index contributed by atoms with van der Waals surface area (Å²) in [6.45, 7) is 0.959. The molecule has 1 amide bonds. The van der Waals surface area contributed by atoms with Crippen LogP contribution in [0.25, 0.3) is 11.3 Å². The van der Waals surface area contributed by atoms with Crippen LogP contribution in [0.4, 0.5) is 21.6 Å². The largest absolute Gasteiger partial charge is 0.396 e. The number of amides is 1. The number of halogens is 1. The number of nitrogen functional groups attached to an aromatic ring is 2. The van der Waals surface area contributed by atoms with Crippen LogP contribution in [0.1, 0.15) is 21.5 Å². The lowest BCUT2D eigenvalue weighted by molar-refractivity contribution is 0.102. The van der Waals surface area contributed by atoms with Crippen molar-refractivity contribution in [3.63, 3.8) is 0 Å². The minimum absolute atomic E-state index is 0.0973. The molecule has 0 saturated carbocycles. The molecule has 5 N–H and O–H groups in total. The molecule has 166 valence electrons. The smallest absolute Gasteiger partial charge is 0.258 e. The van der Waals surface area contributed by atoms with Gasteiger partial charge in [-0.05, 0) is 53.6 Å². The highest BCUT2D eigenvalue weighted by Crippen LogP contribution is 2.24. The van der Waals surface area contributed by atoms with Crippen molar-refractivity contribution in [1.29, 1.82) is 0 Å². The fraction of sp³-hybridized carbons (Fsp3) is 0.0769. The Morgan fingerprint density at radius 2 is 1.58 bits per heavy atom. The van der Waals surface area contributed by atoms with Gasteiger partial charge in [0.1, 0.15) is 11.6 Å². The molecule has 0 fully saturated rings. The van der Waals surface area contributed by atoms with Gasteiger partial charge in [-0.25, -0.2) is 9.37 Å². The van der Waals surface area contributed by atoms with Crippen molar-refractivity contribution in [3.05, 3.63) is 107 Å². The third-order valence-corrected chi connectivity index (χ3v) is 5.06. The SMILES string of the molecule is Nc1ccc(-c2ccc(F)c(C(=O)Nc3ccc(COCc4ccccc4)cc3)c2)nc1N. The zero-order valence-electron chi connectivity index (χ0n) is 17.8. The molecule has 33 heavy (non-hydrogen) atoms. The molecule has 6 nitrogen and oxygen atoms in total. The zero-order chi connectivity index (χ0) is 23.2. The predicted molar refractivity (Wildman–Crippen MR) is 128 cm³/mol. The van der Waals surface area contributed by atoms with Gasteiger partial charge in [0.05, 0.1) is 30.2 Å². The predicted octanol–water partition coefficient (Wildman–Crippen LogP) is 5.02. The molecule has 3 aromatic carbocycles. The quantitative estimate of drug-likeness (QED) is 0.373. The van der Waals surface area contributed by atoms with Gasteiger partial charge in [0.25, 0.3) is 5.91 Å². The van der Waals surface area contributed by atoms with Gasteiger partial charge in [-0.15, -0.1) is 0 Å². The number of hydrogen-bond acceptors (Lipinski definition) is 5. The molecule has 0 bridgehead atoms. The van der Waals surface area contributed by atoms with Gasteiger partial charge in [-0.2, -0.15) is 0 Å². The highest BCUT2D eigenvalue weighted by atomic mass is 19.1. The molecule has 0 atom stereocenters. The second-order valence-electron chi connectivity index (χ2n) is 7.50. The number of anilines is 3. The van der Waals surface area contributed by atoms with Gasteiger partial charge in [-0.1, -0.05) is 42.5 Å². The number of rotatable bonds is 7. The summed E-state index contributed by atoms with van der Waals surface area (Å²) in [5.41, 5.74) is 15.4. The van der Waals surface area contributed by atoms with E-state index >= 15 is 0 Å². The monoisotopic (exact) mass is 442 g/mol. The molecule has 0 saturated heterocycles. The standard InChI is InChI=1S/C26H23FN4O2/c27-22-11-8-19(24-13-12-23(28)25(29)31-24)14-21(22)26(32)30-20-9-6-18(7-10-20)16-33-15-17-4-2-1-3-5-17/h1-14H,15-16,28H2,(H2,29,31)(H,30,32). The fourth-order valence-corrected chi connectivity index (χ4v) is 3.25. The molecule has 7 heteroatoms. The molecule has 0 aliphatic rings.